The van der Waals surface area contributed by atoms with E-state index in [1.54, 1.807) is 0 Å². The normalized spacial score (nSPS) is 15.9. The number of hydrogen-bond acceptors (Lipinski definition) is 7. The molecule has 0 spiro atoms. The first kappa shape index (κ1) is 15.1. The molecule has 0 radical (unpaired) electrons. The Morgan fingerprint density at radius 3 is 3.05 bits per heavy atom. The monoisotopic (exact) mass is 321 g/mol. The Morgan fingerprint density at radius 2 is 2.27 bits per heavy atom. The summed E-state index contributed by atoms with van der Waals surface area (Å²) in [6.45, 7) is 2.32. The second-order valence-corrected chi connectivity index (χ2v) is 6.10. The molecule has 118 valence electrons. The van der Waals surface area contributed by atoms with Gasteiger partial charge in [-0.2, -0.15) is 4.37 Å². The quantitative estimate of drug-likeness (QED) is 0.890. The number of nitrogens with zero attached hydrogens (tertiary/aromatic N) is 4. The summed E-state index contributed by atoms with van der Waals surface area (Å²) in [6, 6.07) is 1.41. The molecule has 1 aliphatic rings. The van der Waals surface area contributed by atoms with Crippen LogP contribution < -0.4 is 10.5 Å². The molecule has 3 rings (SSSR count). The highest BCUT2D eigenvalue weighted by atomic mass is 32.1. The Balaban J connectivity index is 1.59. The molecule has 1 aliphatic heterocycles. The van der Waals surface area contributed by atoms with Crippen molar-refractivity contribution in [1.82, 2.24) is 19.3 Å². The molecule has 22 heavy (non-hydrogen) atoms. The number of H-pyrrole nitrogens is 1. The summed E-state index contributed by atoms with van der Waals surface area (Å²) in [7, 11) is 1.98. The molecule has 3 heterocycles. The van der Waals surface area contributed by atoms with Gasteiger partial charge in [-0.25, -0.2) is 9.97 Å². The lowest BCUT2D eigenvalue weighted by molar-refractivity contribution is 0.0838. The van der Waals surface area contributed by atoms with Gasteiger partial charge in [0.2, 0.25) is 5.13 Å². The summed E-state index contributed by atoms with van der Waals surface area (Å²) in [6.07, 6.45) is 4.19. The lowest BCUT2D eigenvalue weighted by atomic mass is 10.00. The van der Waals surface area contributed by atoms with Crippen LogP contribution >= 0.6 is 11.5 Å². The molecule has 1 fully saturated rings. The molecule has 0 amide bonds. The molecule has 2 aromatic rings. The van der Waals surface area contributed by atoms with E-state index in [1.165, 1.54) is 23.8 Å². The van der Waals surface area contributed by atoms with Gasteiger partial charge < -0.3 is 14.6 Å². The minimum Gasteiger partial charge on any atom is -0.381 e. The molecule has 0 aromatic carbocycles. The van der Waals surface area contributed by atoms with Crippen molar-refractivity contribution < 1.29 is 4.74 Å². The van der Waals surface area contributed by atoms with Gasteiger partial charge in [0, 0.05) is 62.9 Å². The predicted molar refractivity (Wildman–Crippen MR) is 84.5 cm³/mol. The second-order valence-electron chi connectivity index (χ2n) is 5.37. The molecular formula is C14H19N5O2S. The third-order valence-electron chi connectivity index (χ3n) is 3.75. The van der Waals surface area contributed by atoms with Gasteiger partial charge in [-0.1, -0.05) is 0 Å². The Morgan fingerprint density at radius 1 is 1.45 bits per heavy atom. The van der Waals surface area contributed by atoms with Crippen molar-refractivity contribution in [3.05, 3.63) is 34.3 Å². The van der Waals surface area contributed by atoms with Crippen molar-refractivity contribution in [3.63, 3.8) is 0 Å². The number of anilines is 1. The zero-order valence-corrected chi connectivity index (χ0v) is 13.3. The van der Waals surface area contributed by atoms with Crippen molar-refractivity contribution >= 4 is 16.7 Å². The number of hydrogen-bond donors (Lipinski definition) is 1. The lowest BCUT2D eigenvalue weighted by Gasteiger charge is -2.19. The van der Waals surface area contributed by atoms with Crippen LogP contribution in [0.25, 0.3) is 0 Å². The highest BCUT2D eigenvalue weighted by molar-refractivity contribution is 7.09. The van der Waals surface area contributed by atoms with Crippen LogP contribution in [-0.4, -0.2) is 46.1 Å². The van der Waals surface area contributed by atoms with E-state index in [9.17, 15) is 4.79 Å². The standard InChI is InChI=1S/C14H19N5O2S/c1-19(7-3-11-15-6-2-12(20)16-11)14-17-13(18-22-14)10-4-8-21-9-5-10/h2,6,10H,3-5,7-9H2,1H3,(H,15,16,20). The van der Waals surface area contributed by atoms with Gasteiger partial charge in [-0.05, 0) is 12.8 Å². The fourth-order valence-electron chi connectivity index (χ4n) is 2.41. The molecule has 0 aliphatic carbocycles. The van der Waals surface area contributed by atoms with Gasteiger partial charge in [0.25, 0.3) is 5.56 Å². The number of nitrogens with one attached hydrogen (secondary N) is 1. The third-order valence-corrected chi connectivity index (χ3v) is 4.60. The van der Waals surface area contributed by atoms with Gasteiger partial charge >= 0.3 is 0 Å². The summed E-state index contributed by atoms with van der Waals surface area (Å²) in [4.78, 5) is 24.8. The van der Waals surface area contributed by atoms with Crippen LogP contribution in [-0.2, 0) is 11.2 Å². The molecule has 1 N–H and O–H groups in total. The van der Waals surface area contributed by atoms with Crippen LogP contribution in [0.4, 0.5) is 5.13 Å². The number of ether oxygens (including phenoxy) is 1. The SMILES string of the molecule is CN(CCc1nccc(=O)[nH]1)c1nc(C2CCOCC2)ns1. The smallest absolute Gasteiger partial charge is 0.250 e. The van der Waals surface area contributed by atoms with E-state index in [0.717, 1.165) is 43.6 Å². The first-order valence-corrected chi connectivity index (χ1v) is 8.16. The van der Waals surface area contributed by atoms with E-state index < -0.39 is 0 Å². The predicted octanol–water partition coefficient (Wildman–Crippen LogP) is 1.19. The van der Waals surface area contributed by atoms with Crippen LogP contribution in [0.3, 0.4) is 0 Å². The highest BCUT2D eigenvalue weighted by Crippen LogP contribution is 2.27. The molecule has 0 atom stereocenters. The zero-order valence-electron chi connectivity index (χ0n) is 12.5. The van der Waals surface area contributed by atoms with E-state index in [2.05, 4.69) is 19.3 Å². The maximum atomic E-state index is 11.2. The van der Waals surface area contributed by atoms with E-state index in [1.807, 2.05) is 11.9 Å². The number of aromatic amines is 1. The molecular weight excluding hydrogens is 302 g/mol. The number of aromatic nitrogens is 4. The minimum atomic E-state index is -0.120. The second kappa shape index (κ2) is 6.97. The molecule has 0 unspecified atom stereocenters. The van der Waals surface area contributed by atoms with Crippen LogP contribution in [0.2, 0.25) is 0 Å². The maximum absolute atomic E-state index is 11.2. The van der Waals surface area contributed by atoms with Gasteiger partial charge in [-0.15, -0.1) is 0 Å². The van der Waals surface area contributed by atoms with Crippen LogP contribution in [0.1, 0.15) is 30.4 Å². The molecule has 1 saturated heterocycles. The molecule has 2 aromatic heterocycles. The topological polar surface area (TPSA) is 84.0 Å². The van der Waals surface area contributed by atoms with Crippen molar-refractivity contribution in [2.45, 2.75) is 25.2 Å². The zero-order chi connectivity index (χ0) is 15.4. The molecule has 0 bridgehead atoms. The van der Waals surface area contributed by atoms with E-state index in [0.29, 0.717) is 18.2 Å². The Bertz CT molecular complexity index is 665. The first-order chi connectivity index (χ1) is 10.7. The van der Waals surface area contributed by atoms with Gasteiger partial charge in [0.1, 0.15) is 11.6 Å². The fourth-order valence-corrected chi connectivity index (χ4v) is 3.14. The van der Waals surface area contributed by atoms with Crippen molar-refractivity contribution in [2.24, 2.45) is 0 Å². The largest absolute Gasteiger partial charge is 0.381 e. The Kier molecular flexibility index (Phi) is 4.79. The number of likely N-dealkylation sites (N-methyl/N-ethyl adjacent to an activating group) is 1. The van der Waals surface area contributed by atoms with E-state index in [-0.39, 0.29) is 5.56 Å². The summed E-state index contributed by atoms with van der Waals surface area (Å²) < 4.78 is 9.86. The molecule has 0 saturated carbocycles. The lowest BCUT2D eigenvalue weighted by Crippen LogP contribution is -2.22. The van der Waals surface area contributed by atoms with Crippen LogP contribution in [0.5, 0.6) is 0 Å². The number of rotatable bonds is 5. The first-order valence-electron chi connectivity index (χ1n) is 7.39. The van der Waals surface area contributed by atoms with Crippen molar-refractivity contribution in [3.8, 4) is 0 Å². The van der Waals surface area contributed by atoms with Crippen molar-refractivity contribution in [2.75, 3.05) is 31.7 Å². The van der Waals surface area contributed by atoms with Gasteiger partial charge in [-0.3, -0.25) is 4.79 Å². The van der Waals surface area contributed by atoms with Gasteiger partial charge in [0.15, 0.2) is 0 Å². The third kappa shape index (κ3) is 3.69. The minimum absolute atomic E-state index is 0.120. The fraction of sp³-hybridized carbons (Fsp3) is 0.571. The Hall–Kier alpha value is -1.80. The Labute approximate surface area is 132 Å². The summed E-state index contributed by atoms with van der Waals surface area (Å²) >= 11 is 1.42. The van der Waals surface area contributed by atoms with E-state index in [4.69, 9.17) is 4.74 Å². The summed E-state index contributed by atoms with van der Waals surface area (Å²) in [5, 5.41) is 0.903. The van der Waals surface area contributed by atoms with Gasteiger partial charge in [0.05, 0.1) is 0 Å². The average Bonchev–Trinajstić information content (AvgIpc) is 3.04. The average molecular weight is 321 g/mol. The highest BCUT2D eigenvalue weighted by Gasteiger charge is 2.21. The van der Waals surface area contributed by atoms with Crippen LogP contribution in [0, 0.1) is 0 Å². The maximum Gasteiger partial charge on any atom is 0.250 e. The summed E-state index contributed by atoms with van der Waals surface area (Å²) in [5.41, 5.74) is -0.120. The summed E-state index contributed by atoms with van der Waals surface area (Å²) in [5.74, 6) is 2.04. The van der Waals surface area contributed by atoms with Crippen LogP contribution in [0.15, 0.2) is 17.1 Å². The molecule has 8 heteroatoms. The van der Waals surface area contributed by atoms with E-state index >= 15 is 0 Å². The van der Waals surface area contributed by atoms with Crippen molar-refractivity contribution in [1.29, 1.82) is 0 Å². The molecule has 7 nitrogen and oxygen atoms in total.